The maximum absolute atomic E-state index is 9.36. The molecular weight excluding hydrogens is 510 g/mol. The molecule has 196 valence electrons. The topological polar surface area (TPSA) is 49.6 Å². The van der Waals surface area contributed by atoms with Gasteiger partial charge in [-0.1, -0.05) is 85.0 Å². The van der Waals surface area contributed by atoms with E-state index >= 15 is 0 Å². The third-order valence-electron chi connectivity index (χ3n) is 8.46. The first-order valence-electron chi connectivity index (χ1n) is 14.2. The van der Waals surface area contributed by atoms with Gasteiger partial charge in [0.1, 0.15) is 0 Å². The summed E-state index contributed by atoms with van der Waals surface area (Å²) in [5.41, 5.74) is 10.5. The van der Waals surface area contributed by atoms with E-state index in [1.165, 1.54) is 21.9 Å². The van der Waals surface area contributed by atoms with Crippen LogP contribution in [0.15, 0.2) is 139 Å². The third-order valence-corrected chi connectivity index (χ3v) is 8.46. The molecule has 2 heterocycles. The van der Waals surface area contributed by atoms with E-state index in [9.17, 15) is 5.26 Å². The van der Waals surface area contributed by atoms with Gasteiger partial charge in [0, 0.05) is 28.5 Å². The van der Waals surface area contributed by atoms with Gasteiger partial charge < -0.3 is 0 Å². The second-order valence-electron chi connectivity index (χ2n) is 10.9. The summed E-state index contributed by atoms with van der Waals surface area (Å²) in [6.45, 7) is 0. The molecule has 2 aliphatic carbocycles. The molecule has 1 unspecified atom stereocenters. The Labute approximate surface area is 244 Å². The molecule has 0 aliphatic heterocycles. The van der Waals surface area contributed by atoms with Gasteiger partial charge in [-0.05, 0) is 87.5 Å². The first-order valence-corrected chi connectivity index (χ1v) is 14.2. The van der Waals surface area contributed by atoms with Gasteiger partial charge in [-0.2, -0.15) is 5.26 Å². The Balaban J connectivity index is 1.37. The normalized spacial score (nSPS) is 16.1. The van der Waals surface area contributed by atoms with Crippen LogP contribution >= 0.6 is 0 Å². The van der Waals surface area contributed by atoms with Crippen molar-refractivity contribution in [3.05, 3.63) is 156 Å². The zero-order valence-electron chi connectivity index (χ0n) is 22.8. The lowest BCUT2D eigenvalue weighted by Crippen LogP contribution is -2.12. The van der Waals surface area contributed by atoms with E-state index in [1.54, 1.807) is 0 Å². The zero-order valence-corrected chi connectivity index (χ0v) is 22.8. The highest BCUT2D eigenvalue weighted by molar-refractivity contribution is 6.05. The summed E-state index contributed by atoms with van der Waals surface area (Å²) in [5.74, 6) is 0.284. The van der Waals surface area contributed by atoms with Crippen molar-refractivity contribution in [2.45, 2.75) is 6.42 Å². The molecule has 3 nitrogen and oxygen atoms in total. The molecule has 0 bridgehead atoms. The van der Waals surface area contributed by atoms with Crippen LogP contribution in [-0.2, 0) is 0 Å². The molecule has 2 aliphatic rings. The fourth-order valence-electron chi connectivity index (χ4n) is 6.33. The molecule has 0 saturated carbocycles. The van der Waals surface area contributed by atoms with E-state index in [4.69, 9.17) is 4.98 Å². The van der Waals surface area contributed by atoms with Gasteiger partial charge in [0.15, 0.2) is 0 Å². The molecule has 8 rings (SSSR count). The van der Waals surface area contributed by atoms with Gasteiger partial charge in [0.25, 0.3) is 0 Å². The van der Waals surface area contributed by atoms with Crippen molar-refractivity contribution < 1.29 is 0 Å². The maximum atomic E-state index is 9.36. The summed E-state index contributed by atoms with van der Waals surface area (Å²) < 4.78 is 0. The molecule has 0 spiro atoms. The van der Waals surface area contributed by atoms with Crippen LogP contribution in [-0.4, -0.2) is 9.97 Å². The molecule has 1 atom stereocenters. The van der Waals surface area contributed by atoms with E-state index in [2.05, 4.69) is 120 Å². The van der Waals surface area contributed by atoms with E-state index < -0.39 is 0 Å². The molecule has 0 amide bonds. The molecule has 6 aromatic rings. The first-order chi connectivity index (χ1) is 20.7. The first kappa shape index (κ1) is 24.2. The van der Waals surface area contributed by atoms with Crippen molar-refractivity contribution in [2.24, 2.45) is 5.92 Å². The summed E-state index contributed by atoms with van der Waals surface area (Å²) in [6.07, 6.45) is 14.1. The van der Waals surface area contributed by atoms with Crippen LogP contribution in [0.1, 0.15) is 23.1 Å². The molecule has 42 heavy (non-hydrogen) atoms. The summed E-state index contributed by atoms with van der Waals surface area (Å²) >= 11 is 0. The van der Waals surface area contributed by atoms with E-state index in [0.29, 0.717) is 5.56 Å². The van der Waals surface area contributed by atoms with Crippen LogP contribution in [0.25, 0.3) is 55.0 Å². The number of aromatic nitrogens is 2. The van der Waals surface area contributed by atoms with Crippen molar-refractivity contribution in [1.82, 2.24) is 9.97 Å². The summed E-state index contributed by atoms with van der Waals surface area (Å²) in [6, 6.07) is 35.9. The van der Waals surface area contributed by atoms with E-state index in [-0.39, 0.29) is 5.92 Å². The number of fused-ring (bicyclic) bond motifs is 5. The Kier molecular flexibility index (Phi) is 5.65. The lowest BCUT2D eigenvalue weighted by molar-refractivity contribution is 0.802. The van der Waals surface area contributed by atoms with Crippen molar-refractivity contribution in [3.8, 4) is 17.3 Å². The second-order valence-corrected chi connectivity index (χ2v) is 10.9. The highest BCUT2D eigenvalue weighted by Gasteiger charge is 2.26. The predicted octanol–water partition coefficient (Wildman–Crippen LogP) is 9.46. The number of nitriles is 1. The molecule has 4 aromatic carbocycles. The highest BCUT2D eigenvalue weighted by Crippen LogP contribution is 2.44. The van der Waals surface area contributed by atoms with Crippen molar-refractivity contribution in [3.63, 3.8) is 0 Å². The van der Waals surface area contributed by atoms with E-state index in [0.717, 1.165) is 56.2 Å². The molecule has 0 saturated heterocycles. The van der Waals surface area contributed by atoms with Gasteiger partial charge >= 0.3 is 0 Å². The summed E-state index contributed by atoms with van der Waals surface area (Å²) in [4.78, 5) is 9.94. The number of pyridine rings is 2. The van der Waals surface area contributed by atoms with Crippen LogP contribution in [0.2, 0.25) is 0 Å². The third kappa shape index (κ3) is 4.05. The minimum atomic E-state index is 0.284. The van der Waals surface area contributed by atoms with Gasteiger partial charge in [-0.25, -0.2) is 4.98 Å². The quantitative estimate of drug-likeness (QED) is 0.212. The zero-order chi connectivity index (χ0) is 28.0. The Morgan fingerprint density at radius 3 is 2.26 bits per heavy atom. The lowest BCUT2D eigenvalue weighted by Gasteiger charge is -2.28. The van der Waals surface area contributed by atoms with Crippen LogP contribution in [0.3, 0.4) is 0 Å². The number of hydrogen-bond acceptors (Lipinski definition) is 3. The van der Waals surface area contributed by atoms with Crippen LogP contribution in [0, 0.1) is 17.2 Å². The smallest absolute Gasteiger partial charge is 0.0991 e. The number of allylic oxidation sites excluding steroid dienone is 8. The Morgan fingerprint density at radius 2 is 1.45 bits per heavy atom. The predicted molar refractivity (Wildman–Crippen MR) is 172 cm³/mol. The Hall–Kier alpha value is -5.59. The molecule has 0 fully saturated rings. The number of nitrogens with zero attached hydrogens (tertiary/aromatic N) is 3. The van der Waals surface area contributed by atoms with Crippen LogP contribution in [0.5, 0.6) is 0 Å². The van der Waals surface area contributed by atoms with Crippen molar-refractivity contribution in [1.29, 1.82) is 5.26 Å². The fourth-order valence-corrected chi connectivity index (χ4v) is 6.33. The molecule has 2 aromatic heterocycles. The monoisotopic (exact) mass is 535 g/mol. The minimum absolute atomic E-state index is 0.284. The lowest BCUT2D eigenvalue weighted by atomic mass is 9.75. The Bertz CT molecular complexity index is 2220. The van der Waals surface area contributed by atoms with Gasteiger partial charge in [0.05, 0.1) is 28.4 Å². The molecule has 3 heteroatoms. The number of benzene rings is 4. The van der Waals surface area contributed by atoms with Crippen LogP contribution < -0.4 is 0 Å². The Morgan fingerprint density at radius 1 is 0.714 bits per heavy atom. The van der Waals surface area contributed by atoms with Crippen molar-refractivity contribution >= 4 is 43.7 Å². The minimum Gasteiger partial charge on any atom is -0.254 e. The SMILES string of the molecule is N#Cc1ccc(C2=CC(c3cc4ccccc4cc3-c3ccc4ccc5cccnc5c4n3)=CC3=CC=CCC32)cc1. The van der Waals surface area contributed by atoms with Crippen molar-refractivity contribution in [2.75, 3.05) is 0 Å². The second kappa shape index (κ2) is 9.80. The molecular formula is C39H25N3. The number of rotatable bonds is 3. The summed E-state index contributed by atoms with van der Waals surface area (Å²) in [5, 5.41) is 13.9. The maximum Gasteiger partial charge on any atom is 0.0991 e. The molecule has 0 N–H and O–H groups in total. The van der Waals surface area contributed by atoms with Gasteiger partial charge in [0.2, 0.25) is 0 Å². The van der Waals surface area contributed by atoms with E-state index in [1.807, 2.05) is 24.4 Å². The highest BCUT2D eigenvalue weighted by atomic mass is 14.8. The van der Waals surface area contributed by atoms with Crippen LogP contribution in [0.4, 0.5) is 0 Å². The largest absolute Gasteiger partial charge is 0.254 e. The standard InChI is InChI=1S/C39H25N3/c40-24-25-11-13-26(14-12-25)34-23-32(20-31-8-3-4-10-33(31)34)35-21-29-6-1-2-7-30(29)22-36(35)37-18-17-28-16-15-27-9-5-19-41-38(27)39(28)42-37/h1-9,11-23,33H,10H2. The van der Waals surface area contributed by atoms with Gasteiger partial charge in [-0.3, -0.25) is 4.98 Å². The summed E-state index contributed by atoms with van der Waals surface area (Å²) in [7, 11) is 0. The average molecular weight is 536 g/mol. The van der Waals surface area contributed by atoms with Gasteiger partial charge in [-0.15, -0.1) is 0 Å². The average Bonchev–Trinajstić information content (AvgIpc) is 3.07. The number of hydrogen-bond donors (Lipinski definition) is 0. The molecule has 0 radical (unpaired) electrons. The fraction of sp³-hybridized carbons (Fsp3) is 0.0513.